The van der Waals surface area contributed by atoms with Crippen molar-refractivity contribution >= 4 is 17.7 Å². The molecule has 8 heteroatoms. The van der Waals surface area contributed by atoms with Crippen LogP contribution in [0.1, 0.15) is 59.8 Å². The van der Waals surface area contributed by atoms with E-state index in [-0.39, 0.29) is 42.0 Å². The van der Waals surface area contributed by atoms with E-state index >= 15 is 0 Å². The number of benzene rings is 2. The summed E-state index contributed by atoms with van der Waals surface area (Å²) in [5.74, 6) is 1.38. The molecule has 0 saturated carbocycles. The van der Waals surface area contributed by atoms with E-state index in [1.54, 1.807) is 28.9 Å². The number of piperazine rings is 1. The van der Waals surface area contributed by atoms with Gasteiger partial charge in [0.2, 0.25) is 11.8 Å². The van der Waals surface area contributed by atoms with Gasteiger partial charge in [0, 0.05) is 45.6 Å². The summed E-state index contributed by atoms with van der Waals surface area (Å²) in [7, 11) is 0. The molecule has 2 aliphatic heterocycles. The molecule has 0 radical (unpaired) electrons. The monoisotopic (exact) mass is 529 g/mol. The van der Waals surface area contributed by atoms with Crippen molar-refractivity contribution in [1.29, 1.82) is 0 Å². The Balaban J connectivity index is 1.29. The second-order valence-electron chi connectivity index (χ2n) is 10.5. The smallest absolute Gasteiger partial charge is 0.289 e. The average molecular weight is 530 g/mol. The van der Waals surface area contributed by atoms with Gasteiger partial charge in [0.05, 0.1) is 6.04 Å². The van der Waals surface area contributed by atoms with Gasteiger partial charge in [-0.1, -0.05) is 50.2 Å². The zero-order valence-electron chi connectivity index (χ0n) is 22.8. The summed E-state index contributed by atoms with van der Waals surface area (Å²) < 4.78 is 11.9. The molecule has 3 amide bonds. The minimum atomic E-state index is -0.182. The Kier molecular flexibility index (Phi) is 7.72. The molecule has 0 unspecified atom stereocenters. The van der Waals surface area contributed by atoms with Crippen LogP contribution in [0.25, 0.3) is 0 Å². The van der Waals surface area contributed by atoms with Crippen LogP contribution in [0.5, 0.6) is 5.75 Å². The van der Waals surface area contributed by atoms with Crippen LogP contribution >= 0.6 is 0 Å². The Labute approximate surface area is 229 Å². The summed E-state index contributed by atoms with van der Waals surface area (Å²) in [6, 6.07) is 19.4. The molecule has 0 bridgehead atoms. The molecule has 0 aliphatic carbocycles. The molecule has 1 aromatic heterocycles. The molecule has 39 heavy (non-hydrogen) atoms. The lowest BCUT2D eigenvalue weighted by Gasteiger charge is -2.39. The van der Waals surface area contributed by atoms with Gasteiger partial charge in [-0.15, -0.1) is 0 Å². The zero-order chi connectivity index (χ0) is 27.5. The molecule has 2 aliphatic rings. The van der Waals surface area contributed by atoms with Crippen LogP contribution in [0.2, 0.25) is 0 Å². The quantitative estimate of drug-likeness (QED) is 0.476. The lowest BCUT2D eigenvalue weighted by atomic mass is 9.87. The van der Waals surface area contributed by atoms with Gasteiger partial charge in [0.15, 0.2) is 5.76 Å². The van der Waals surface area contributed by atoms with Crippen molar-refractivity contribution in [2.75, 3.05) is 32.7 Å². The van der Waals surface area contributed by atoms with E-state index in [4.69, 9.17) is 9.15 Å². The van der Waals surface area contributed by atoms with E-state index < -0.39 is 0 Å². The average Bonchev–Trinajstić information content (AvgIpc) is 3.44. The largest absolute Gasteiger partial charge is 0.486 e. The van der Waals surface area contributed by atoms with Crippen molar-refractivity contribution in [3.05, 3.63) is 88.9 Å². The number of furan rings is 1. The number of hydrogen-bond donors (Lipinski definition) is 0. The minimum Gasteiger partial charge on any atom is -0.486 e. The standard InChI is InChI=1S/C31H35N3O5/c1-21(2)30(36)34-14-13-23-9-10-25(19-27(23)29(34)24-7-5-4-6-8-24)38-20-26-11-12-28(39-26)31(37)33-17-15-32(16-18-33)22(3)35/h4-12,19,21,29H,13-18,20H2,1-3H3/t29-/m1/s1. The third-order valence-electron chi connectivity index (χ3n) is 7.50. The third-order valence-corrected chi connectivity index (χ3v) is 7.50. The van der Waals surface area contributed by atoms with E-state index in [2.05, 4.69) is 18.2 Å². The summed E-state index contributed by atoms with van der Waals surface area (Å²) in [5, 5.41) is 0. The Bertz CT molecular complexity index is 1340. The highest BCUT2D eigenvalue weighted by Gasteiger charge is 2.33. The van der Waals surface area contributed by atoms with Crippen LogP contribution in [-0.4, -0.2) is 65.1 Å². The topological polar surface area (TPSA) is 83.3 Å². The number of hydrogen-bond acceptors (Lipinski definition) is 5. The first-order valence-corrected chi connectivity index (χ1v) is 13.6. The Morgan fingerprint density at radius 1 is 0.923 bits per heavy atom. The number of carbonyl (C=O) groups excluding carboxylic acids is 3. The molecule has 1 saturated heterocycles. The highest BCUT2D eigenvalue weighted by molar-refractivity contribution is 5.91. The predicted octanol–water partition coefficient (Wildman–Crippen LogP) is 4.29. The van der Waals surface area contributed by atoms with Crippen LogP contribution in [-0.2, 0) is 22.6 Å². The van der Waals surface area contributed by atoms with Crippen molar-refractivity contribution in [2.45, 2.75) is 39.8 Å². The lowest BCUT2D eigenvalue weighted by molar-refractivity contribution is -0.136. The SMILES string of the molecule is CC(=O)N1CCN(C(=O)c2ccc(COc3ccc4c(c3)[C@@H](c3ccccc3)N(C(=O)C(C)C)CC4)o2)CC1. The first-order chi connectivity index (χ1) is 18.8. The van der Waals surface area contributed by atoms with E-state index in [1.165, 1.54) is 5.56 Å². The molecule has 3 heterocycles. The van der Waals surface area contributed by atoms with Gasteiger partial charge in [-0.3, -0.25) is 14.4 Å². The molecular formula is C31H35N3O5. The molecule has 1 atom stereocenters. The van der Waals surface area contributed by atoms with Crippen molar-refractivity contribution in [2.24, 2.45) is 5.92 Å². The first kappa shape index (κ1) is 26.5. The van der Waals surface area contributed by atoms with Crippen molar-refractivity contribution in [3.8, 4) is 5.75 Å². The fraction of sp³-hybridized carbons (Fsp3) is 0.387. The number of nitrogens with zero attached hydrogens (tertiary/aromatic N) is 3. The molecule has 2 aromatic carbocycles. The molecule has 5 rings (SSSR count). The lowest BCUT2D eigenvalue weighted by Crippen LogP contribution is -2.50. The molecule has 204 valence electrons. The van der Waals surface area contributed by atoms with Crippen molar-refractivity contribution in [3.63, 3.8) is 0 Å². The number of rotatable bonds is 6. The maximum absolute atomic E-state index is 13.1. The van der Waals surface area contributed by atoms with Crippen LogP contribution in [0, 0.1) is 5.92 Å². The van der Waals surface area contributed by atoms with Crippen LogP contribution in [0.4, 0.5) is 0 Å². The number of fused-ring (bicyclic) bond motifs is 1. The van der Waals surface area contributed by atoms with E-state index in [9.17, 15) is 14.4 Å². The molecule has 3 aromatic rings. The number of carbonyl (C=O) groups is 3. The fourth-order valence-corrected chi connectivity index (χ4v) is 5.35. The van der Waals surface area contributed by atoms with E-state index in [1.807, 2.05) is 49.1 Å². The maximum Gasteiger partial charge on any atom is 0.289 e. The molecule has 0 spiro atoms. The van der Waals surface area contributed by atoms with Gasteiger partial charge in [0.25, 0.3) is 5.91 Å². The van der Waals surface area contributed by atoms with Crippen LogP contribution in [0.15, 0.2) is 65.1 Å². The molecular weight excluding hydrogens is 494 g/mol. The predicted molar refractivity (Wildman–Crippen MR) is 146 cm³/mol. The van der Waals surface area contributed by atoms with Gasteiger partial charge >= 0.3 is 0 Å². The van der Waals surface area contributed by atoms with Gasteiger partial charge in [-0.25, -0.2) is 0 Å². The molecule has 8 nitrogen and oxygen atoms in total. The zero-order valence-corrected chi connectivity index (χ0v) is 22.8. The molecule has 0 N–H and O–H groups in total. The summed E-state index contributed by atoms with van der Waals surface area (Å²) in [4.78, 5) is 43.0. The van der Waals surface area contributed by atoms with Gasteiger partial charge in [-0.2, -0.15) is 0 Å². The van der Waals surface area contributed by atoms with Crippen molar-refractivity contribution in [1.82, 2.24) is 14.7 Å². The van der Waals surface area contributed by atoms with Gasteiger partial charge in [-0.05, 0) is 47.4 Å². The Morgan fingerprint density at radius 3 is 2.33 bits per heavy atom. The summed E-state index contributed by atoms with van der Waals surface area (Å²) >= 11 is 0. The van der Waals surface area contributed by atoms with Gasteiger partial charge in [0.1, 0.15) is 18.1 Å². The van der Waals surface area contributed by atoms with Crippen LogP contribution in [0.3, 0.4) is 0 Å². The number of amides is 3. The normalized spacial score (nSPS) is 17.2. The maximum atomic E-state index is 13.1. The van der Waals surface area contributed by atoms with Crippen LogP contribution < -0.4 is 4.74 Å². The molecule has 1 fully saturated rings. The Morgan fingerprint density at radius 2 is 1.64 bits per heavy atom. The minimum absolute atomic E-state index is 0.0241. The fourth-order valence-electron chi connectivity index (χ4n) is 5.35. The third kappa shape index (κ3) is 5.70. The van der Waals surface area contributed by atoms with Crippen molar-refractivity contribution < 1.29 is 23.5 Å². The highest BCUT2D eigenvalue weighted by Crippen LogP contribution is 2.38. The van der Waals surface area contributed by atoms with E-state index in [0.29, 0.717) is 44.2 Å². The highest BCUT2D eigenvalue weighted by atomic mass is 16.5. The summed E-state index contributed by atoms with van der Waals surface area (Å²) in [6.07, 6.45) is 0.793. The Hall–Kier alpha value is -4.07. The summed E-state index contributed by atoms with van der Waals surface area (Å²) in [6.45, 7) is 8.30. The summed E-state index contributed by atoms with van der Waals surface area (Å²) in [5.41, 5.74) is 3.35. The first-order valence-electron chi connectivity index (χ1n) is 13.6. The van der Waals surface area contributed by atoms with Gasteiger partial charge < -0.3 is 23.9 Å². The second kappa shape index (κ2) is 11.4. The van der Waals surface area contributed by atoms with E-state index in [0.717, 1.165) is 17.5 Å². The number of ether oxygens (including phenoxy) is 1. The second-order valence-corrected chi connectivity index (χ2v) is 10.5.